The van der Waals surface area contributed by atoms with Gasteiger partial charge in [0.2, 0.25) is 0 Å². The number of fused-ring (bicyclic) bond motifs is 1. The molecule has 2 aliphatic heterocycles. The van der Waals surface area contributed by atoms with E-state index in [1.54, 1.807) is 0 Å². The molecular weight excluding hydrogens is 332 g/mol. The van der Waals surface area contributed by atoms with E-state index < -0.39 is 0 Å². The molecular formula is C20H21ClN4. The molecule has 128 valence electrons. The summed E-state index contributed by atoms with van der Waals surface area (Å²) in [5, 5.41) is 7.76. The van der Waals surface area contributed by atoms with E-state index in [1.807, 2.05) is 30.5 Å². The van der Waals surface area contributed by atoms with Crippen LogP contribution < -0.4 is 0 Å². The number of pyridine rings is 1. The Morgan fingerprint density at radius 3 is 2.68 bits per heavy atom. The summed E-state index contributed by atoms with van der Waals surface area (Å²) in [4.78, 5) is 6.87. The topological polar surface area (TPSA) is 31.7 Å². The van der Waals surface area contributed by atoms with Gasteiger partial charge in [-0.05, 0) is 36.8 Å². The lowest BCUT2D eigenvalue weighted by Crippen LogP contribution is -2.31. The van der Waals surface area contributed by atoms with Gasteiger partial charge in [0, 0.05) is 35.5 Å². The molecule has 0 N–H and O–H groups in total. The van der Waals surface area contributed by atoms with Crippen molar-refractivity contribution in [1.29, 1.82) is 0 Å². The van der Waals surface area contributed by atoms with Crippen molar-refractivity contribution >= 4 is 17.3 Å². The molecule has 0 spiro atoms. The number of aromatic nitrogens is 1. The largest absolute Gasteiger partial charge is 0.368 e. The van der Waals surface area contributed by atoms with E-state index in [9.17, 15) is 0 Å². The van der Waals surface area contributed by atoms with E-state index in [-0.39, 0.29) is 0 Å². The lowest BCUT2D eigenvalue weighted by molar-refractivity contribution is 0.315. The number of benzene rings is 1. The molecule has 1 aromatic heterocycles. The SMILES string of the molecule is CC1=C2CN(Cc3ccc(Cl)cc3)N=C2CCN1Cc1ccccn1. The summed E-state index contributed by atoms with van der Waals surface area (Å²) in [7, 11) is 0. The third-order valence-electron chi connectivity index (χ3n) is 4.84. The first-order valence-electron chi connectivity index (χ1n) is 8.61. The van der Waals surface area contributed by atoms with E-state index >= 15 is 0 Å². The first kappa shape index (κ1) is 16.2. The highest BCUT2D eigenvalue weighted by Gasteiger charge is 2.28. The van der Waals surface area contributed by atoms with E-state index in [2.05, 4.69) is 40.0 Å². The van der Waals surface area contributed by atoms with Gasteiger partial charge in [0.25, 0.3) is 0 Å². The summed E-state index contributed by atoms with van der Waals surface area (Å²) in [5.41, 5.74) is 6.28. The number of nitrogens with zero attached hydrogens (tertiary/aromatic N) is 4. The fourth-order valence-corrected chi connectivity index (χ4v) is 3.57. The van der Waals surface area contributed by atoms with Gasteiger partial charge in [-0.25, -0.2) is 0 Å². The van der Waals surface area contributed by atoms with Crippen molar-refractivity contribution in [3.8, 4) is 0 Å². The molecule has 0 bridgehead atoms. The Labute approximate surface area is 153 Å². The van der Waals surface area contributed by atoms with E-state index in [0.717, 1.165) is 43.3 Å². The highest BCUT2D eigenvalue weighted by atomic mass is 35.5. The van der Waals surface area contributed by atoms with Crippen LogP contribution in [0.15, 0.2) is 65.0 Å². The van der Waals surface area contributed by atoms with Gasteiger partial charge in [0.15, 0.2) is 0 Å². The first-order valence-corrected chi connectivity index (χ1v) is 8.99. The van der Waals surface area contributed by atoms with Crippen molar-refractivity contribution < 1.29 is 0 Å². The quantitative estimate of drug-likeness (QED) is 0.830. The molecule has 0 saturated heterocycles. The Morgan fingerprint density at radius 2 is 1.92 bits per heavy atom. The molecule has 0 aliphatic carbocycles. The van der Waals surface area contributed by atoms with Gasteiger partial charge in [0.1, 0.15) is 0 Å². The van der Waals surface area contributed by atoms with Crippen molar-refractivity contribution in [3.05, 3.63) is 76.2 Å². The molecule has 4 rings (SSSR count). The number of hydrogen-bond acceptors (Lipinski definition) is 4. The minimum Gasteiger partial charge on any atom is -0.368 e. The number of allylic oxidation sites excluding steroid dienone is 1. The van der Waals surface area contributed by atoms with E-state index in [4.69, 9.17) is 16.7 Å². The van der Waals surface area contributed by atoms with Crippen LogP contribution in [0.3, 0.4) is 0 Å². The normalized spacial score (nSPS) is 17.0. The molecule has 2 aliphatic rings. The molecule has 2 aromatic rings. The van der Waals surface area contributed by atoms with Crippen molar-refractivity contribution in [2.45, 2.75) is 26.4 Å². The number of halogens is 1. The second kappa shape index (κ2) is 6.89. The molecule has 0 radical (unpaired) electrons. The zero-order valence-electron chi connectivity index (χ0n) is 14.3. The summed E-state index contributed by atoms with van der Waals surface area (Å²) in [6.07, 6.45) is 2.86. The van der Waals surface area contributed by atoms with Gasteiger partial charge in [-0.15, -0.1) is 0 Å². The molecule has 4 nitrogen and oxygen atoms in total. The van der Waals surface area contributed by atoms with Gasteiger partial charge in [-0.3, -0.25) is 9.99 Å². The summed E-state index contributed by atoms with van der Waals surface area (Å²) in [5.74, 6) is 0. The molecule has 1 aromatic carbocycles. The van der Waals surface area contributed by atoms with Crippen molar-refractivity contribution in [2.75, 3.05) is 13.1 Å². The summed E-state index contributed by atoms with van der Waals surface area (Å²) in [6, 6.07) is 14.1. The first-order chi connectivity index (χ1) is 12.2. The van der Waals surface area contributed by atoms with Crippen molar-refractivity contribution in [2.24, 2.45) is 5.10 Å². The van der Waals surface area contributed by atoms with Crippen LogP contribution >= 0.6 is 11.6 Å². The molecule has 0 amide bonds. The van der Waals surface area contributed by atoms with Gasteiger partial charge >= 0.3 is 0 Å². The Kier molecular flexibility index (Phi) is 4.45. The van der Waals surface area contributed by atoms with Gasteiger partial charge in [-0.1, -0.05) is 29.8 Å². The molecule has 5 heteroatoms. The van der Waals surface area contributed by atoms with Crippen LogP contribution in [0.4, 0.5) is 0 Å². The third-order valence-corrected chi connectivity index (χ3v) is 5.09. The monoisotopic (exact) mass is 352 g/mol. The summed E-state index contributed by atoms with van der Waals surface area (Å²) >= 11 is 5.97. The minimum atomic E-state index is 0.772. The zero-order valence-corrected chi connectivity index (χ0v) is 15.1. The van der Waals surface area contributed by atoms with Crippen LogP contribution in [0.25, 0.3) is 0 Å². The molecule has 25 heavy (non-hydrogen) atoms. The van der Waals surface area contributed by atoms with E-state index in [1.165, 1.54) is 22.5 Å². The van der Waals surface area contributed by atoms with Gasteiger partial charge < -0.3 is 4.90 Å². The van der Waals surface area contributed by atoms with Crippen LogP contribution in [0, 0.1) is 0 Å². The third kappa shape index (κ3) is 3.54. The number of rotatable bonds is 4. The Bertz CT molecular complexity index is 811. The fourth-order valence-electron chi connectivity index (χ4n) is 3.44. The number of hydrazone groups is 1. The van der Waals surface area contributed by atoms with Crippen LogP contribution in [0.5, 0.6) is 0 Å². The molecule has 3 heterocycles. The predicted octanol–water partition coefficient (Wildman–Crippen LogP) is 4.09. The maximum Gasteiger partial charge on any atom is 0.0691 e. The Balaban J connectivity index is 1.48. The molecule has 0 saturated carbocycles. The van der Waals surface area contributed by atoms with Gasteiger partial charge in [-0.2, -0.15) is 5.10 Å². The second-order valence-corrected chi connectivity index (χ2v) is 6.99. The lowest BCUT2D eigenvalue weighted by Gasteiger charge is -2.30. The average Bonchev–Trinajstić information content (AvgIpc) is 3.04. The van der Waals surface area contributed by atoms with Crippen LogP contribution in [0.1, 0.15) is 24.6 Å². The Morgan fingerprint density at radius 1 is 1.08 bits per heavy atom. The zero-order chi connectivity index (χ0) is 17.2. The molecule has 0 fully saturated rings. The van der Waals surface area contributed by atoms with Crippen molar-refractivity contribution in [1.82, 2.24) is 14.9 Å². The highest BCUT2D eigenvalue weighted by Crippen LogP contribution is 2.28. The summed E-state index contributed by atoms with van der Waals surface area (Å²) in [6.45, 7) is 5.76. The van der Waals surface area contributed by atoms with Crippen LogP contribution in [0.2, 0.25) is 5.02 Å². The number of hydrogen-bond donors (Lipinski definition) is 0. The predicted molar refractivity (Wildman–Crippen MR) is 101 cm³/mol. The van der Waals surface area contributed by atoms with Crippen LogP contribution in [-0.4, -0.2) is 33.7 Å². The van der Waals surface area contributed by atoms with Crippen LogP contribution in [-0.2, 0) is 13.1 Å². The fraction of sp³-hybridized carbons (Fsp3) is 0.300. The van der Waals surface area contributed by atoms with Gasteiger partial charge in [0.05, 0.1) is 31.0 Å². The van der Waals surface area contributed by atoms with E-state index in [0.29, 0.717) is 0 Å². The molecule has 0 atom stereocenters. The smallest absolute Gasteiger partial charge is 0.0691 e. The average molecular weight is 353 g/mol. The van der Waals surface area contributed by atoms with Crippen molar-refractivity contribution in [3.63, 3.8) is 0 Å². The highest BCUT2D eigenvalue weighted by molar-refractivity contribution is 6.30. The minimum absolute atomic E-state index is 0.772. The maximum absolute atomic E-state index is 5.97. The lowest BCUT2D eigenvalue weighted by atomic mass is 10.0. The standard InChI is InChI=1S/C20H21ClN4/c1-15-19-14-25(12-16-5-7-17(21)8-6-16)23-20(19)9-11-24(15)13-18-4-2-3-10-22-18/h2-8,10H,9,11-14H2,1H3. The summed E-state index contributed by atoms with van der Waals surface area (Å²) < 4.78 is 0. The molecule has 0 unspecified atom stereocenters. The Hall–Kier alpha value is -2.33. The maximum atomic E-state index is 5.97. The second-order valence-electron chi connectivity index (χ2n) is 6.55.